The molecule has 188 valence electrons. The molecular weight excluding hydrogens is 447 g/mol. The SMILES string of the molecule is COc1ccc2nccc([C@H](F)CC[C@@H]3CCN(CCCc4ccco4)C[C@H]3CCC(=O)O)c2c1. The lowest BCUT2D eigenvalue weighted by molar-refractivity contribution is -0.137. The fourth-order valence-electron chi connectivity index (χ4n) is 5.37. The Morgan fingerprint density at radius 3 is 2.94 bits per heavy atom. The van der Waals surface area contributed by atoms with Crippen LogP contribution in [0.25, 0.3) is 10.9 Å². The molecule has 1 aromatic carbocycles. The second kappa shape index (κ2) is 12.2. The average Bonchev–Trinajstić information content (AvgIpc) is 3.39. The molecule has 3 heterocycles. The first-order valence-corrected chi connectivity index (χ1v) is 12.6. The van der Waals surface area contributed by atoms with Crippen molar-refractivity contribution in [3.8, 4) is 5.75 Å². The van der Waals surface area contributed by atoms with Crippen molar-refractivity contribution in [3.63, 3.8) is 0 Å². The van der Waals surface area contributed by atoms with E-state index in [-0.39, 0.29) is 12.3 Å². The van der Waals surface area contributed by atoms with E-state index in [1.54, 1.807) is 25.6 Å². The maximum absolute atomic E-state index is 15.5. The number of carboxylic acid groups (broad SMARTS) is 1. The number of ether oxygens (including phenoxy) is 1. The number of carboxylic acids is 1. The van der Waals surface area contributed by atoms with Crippen LogP contribution in [0.15, 0.2) is 53.3 Å². The van der Waals surface area contributed by atoms with E-state index in [9.17, 15) is 9.90 Å². The van der Waals surface area contributed by atoms with E-state index in [0.29, 0.717) is 30.1 Å². The third kappa shape index (κ3) is 6.82. The lowest BCUT2D eigenvalue weighted by atomic mass is 9.79. The first-order chi connectivity index (χ1) is 17.0. The second-order valence-corrected chi connectivity index (χ2v) is 9.55. The first-order valence-electron chi connectivity index (χ1n) is 12.6. The molecule has 3 atom stereocenters. The van der Waals surface area contributed by atoms with Gasteiger partial charge in [0.1, 0.15) is 17.7 Å². The monoisotopic (exact) mass is 482 g/mol. The van der Waals surface area contributed by atoms with Gasteiger partial charge in [0.15, 0.2) is 0 Å². The van der Waals surface area contributed by atoms with E-state index in [2.05, 4.69) is 9.88 Å². The Bertz CT molecular complexity index is 1090. The van der Waals surface area contributed by atoms with Gasteiger partial charge in [0.25, 0.3) is 0 Å². The van der Waals surface area contributed by atoms with Crippen LogP contribution < -0.4 is 4.74 Å². The molecule has 6 nitrogen and oxygen atoms in total. The molecular formula is C28H35FN2O4. The number of aromatic nitrogens is 1. The van der Waals surface area contributed by atoms with Crippen LogP contribution in [0.4, 0.5) is 4.39 Å². The molecule has 0 spiro atoms. The van der Waals surface area contributed by atoms with E-state index < -0.39 is 12.1 Å². The minimum atomic E-state index is -1.10. The summed E-state index contributed by atoms with van der Waals surface area (Å²) in [5, 5.41) is 10.0. The molecule has 1 aliphatic rings. The summed E-state index contributed by atoms with van der Waals surface area (Å²) in [6.07, 6.45) is 7.12. The van der Waals surface area contributed by atoms with Gasteiger partial charge in [-0.3, -0.25) is 9.78 Å². The summed E-state index contributed by atoms with van der Waals surface area (Å²) >= 11 is 0. The van der Waals surface area contributed by atoms with Crippen LogP contribution in [0, 0.1) is 11.8 Å². The van der Waals surface area contributed by atoms with Crippen LogP contribution in [0.3, 0.4) is 0 Å². The van der Waals surface area contributed by atoms with Crippen molar-refractivity contribution in [3.05, 3.63) is 60.2 Å². The van der Waals surface area contributed by atoms with Gasteiger partial charge in [0.05, 0.1) is 18.9 Å². The molecule has 0 saturated carbocycles. The third-order valence-corrected chi connectivity index (χ3v) is 7.29. The van der Waals surface area contributed by atoms with Crippen molar-refractivity contribution in [2.45, 2.75) is 51.1 Å². The maximum Gasteiger partial charge on any atom is 0.303 e. The van der Waals surface area contributed by atoms with Crippen LogP contribution >= 0.6 is 0 Å². The molecule has 7 heteroatoms. The summed E-state index contributed by atoms with van der Waals surface area (Å²) < 4.78 is 26.2. The van der Waals surface area contributed by atoms with E-state index in [0.717, 1.165) is 62.0 Å². The van der Waals surface area contributed by atoms with Crippen molar-refractivity contribution >= 4 is 16.9 Å². The number of aryl methyl sites for hydroxylation is 1. The molecule has 0 unspecified atom stereocenters. The minimum absolute atomic E-state index is 0.162. The summed E-state index contributed by atoms with van der Waals surface area (Å²) in [7, 11) is 1.60. The van der Waals surface area contributed by atoms with E-state index in [1.807, 2.05) is 30.3 Å². The number of hydrogen-bond acceptors (Lipinski definition) is 5. The Kier molecular flexibility index (Phi) is 8.74. The van der Waals surface area contributed by atoms with Crippen molar-refractivity contribution < 1.29 is 23.4 Å². The molecule has 2 aromatic heterocycles. The number of nitrogens with zero attached hydrogens (tertiary/aromatic N) is 2. The third-order valence-electron chi connectivity index (χ3n) is 7.29. The number of carbonyl (C=O) groups is 1. The van der Waals surface area contributed by atoms with Crippen LogP contribution in [-0.4, -0.2) is 47.7 Å². The number of pyridine rings is 1. The van der Waals surface area contributed by atoms with Crippen LogP contribution in [-0.2, 0) is 11.2 Å². The Balaban J connectivity index is 1.36. The number of benzene rings is 1. The van der Waals surface area contributed by atoms with Gasteiger partial charge in [0.2, 0.25) is 0 Å². The van der Waals surface area contributed by atoms with Gasteiger partial charge in [-0.2, -0.15) is 0 Å². The summed E-state index contributed by atoms with van der Waals surface area (Å²) in [6, 6.07) is 11.2. The highest BCUT2D eigenvalue weighted by molar-refractivity contribution is 5.83. The Hall–Kier alpha value is -2.93. The Morgan fingerprint density at radius 2 is 2.17 bits per heavy atom. The van der Waals surface area contributed by atoms with Crippen molar-refractivity contribution in [2.24, 2.45) is 11.8 Å². The Morgan fingerprint density at radius 1 is 1.29 bits per heavy atom. The molecule has 0 amide bonds. The summed E-state index contributed by atoms with van der Waals surface area (Å²) in [5.74, 6) is 1.52. The number of fused-ring (bicyclic) bond motifs is 1. The lowest BCUT2D eigenvalue weighted by Crippen LogP contribution is -2.41. The standard InChI is InChI=1S/C28H35FN2O4/c1-34-23-8-10-27-25(18-23)24(12-14-30-27)26(29)9-6-20-13-16-31(19-21(20)7-11-28(32)33)15-2-4-22-5-3-17-35-22/h3,5,8,10,12,14,17-18,20-21,26H,2,4,6-7,9,11,13,15-16,19H2,1H3,(H,32,33)/t20-,21-,26-/m1/s1. The topological polar surface area (TPSA) is 75.8 Å². The van der Waals surface area contributed by atoms with Gasteiger partial charge in [-0.05, 0) is 99.0 Å². The predicted octanol–water partition coefficient (Wildman–Crippen LogP) is 6.06. The summed E-state index contributed by atoms with van der Waals surface area (Å²) in [4.78, 5) is 18.1. The fraction of sp³-hybridized carbons (Fsp3) is 0.500. The quantitative estimate of drug-likeness (QED) is 0.338. The fourth-order valence-corrected chi connectivity index (χ4v) is 5.37. The van der Waals surface area contributed by atoms with Crippen molar-refractivity contribution in [1.82, 2.24) is 9.88 Å². The van der Waals surface area contributed by atoms with Crippen LogP contribution in [0.5, 0.6) is 5.75 Å². The molecule has 3 aromatic rings. The van der Waals surface area contributed by atoms with E-state index in [4.69, 9.17) is 9.15 Å². The molecule has 0 radical (unpaired) electrons. The molecule has 0 bridgehead atoms. The number of rotatable bonds is 12. The maximum atomic E-state index is 15.5. The zero-order chi connectivity index (χ0) is 24.6. The summed E-state index contributed by atoms with van der Waals surface area (Å²) in [5.41, 5.74) is 1.40. The van der Waals surface area contributed by atoms with Crippen molar-refractivity contribution in [2.75, 3.05) is 26.7 Å². The predicted molar refractivity (Wildman–Crippen MR) is 133 cm³/mol. The van der Waals surface area contributed by atoms with Gasteiger partial charge in [0, 0.05) is 31.0 Å². The van der Waals surface area contributed by atoms with Gasteiger partial charge in [-0.1, -0.05) is 0 Å². The molecule has 4 rings (SSSR count). The number of halogens is 1. The smallest absolute Gasteiger partial charge is 0.303 e. The average molecular weight is 483 g/mol. The number of likely N-dealkylation sites (tertiary alicyclic amines) is 1. The van der Waals surface area contributed by atoms with Gasteiger partial charge < -0.3 is 19.2 Å². The zero-order valence-electron chi connectivity index (χ0n) is 20.4. The molecule has 0 aliphatic carbocycles. The largest absolute Gasteiger partial charge is 0.497 e. The number of furan rings is 1. The Labute approximate surface area is 206 Å². The highest BCUT2D eigenvalue weighted by Crippen LogP contribution is 2.36. The van der Waals surface area contributed by atoms with E-state index in [1.165, 1.54) is 0 Å². The molecule has 1 N–H and O–H groups in total. The highest BCUT2D eigenvalue weighted by Gasteiger charge is 2.30. The summed E-state index contributed by atoms with van der Waals surface area (Å²) in [6.45, 7) is 2.81. The van der Waals surface area contributed by atoms with Gasteiger partial charge >= 0.3 is 5.97 Å². The molecule has 1 fully saturated rings. The molecule has 1 aliphatic heterocycles. The second-order valence-electron chi connectivity index (χ2n) is 9.55. The van der Waals surface area contributed by atoms with Gasteiger partial charge in [-0.25, -0.2) is 4.39 Å². The van der Waals surface area contributed by atoms with Crippen molar-refractivity contribution in [1.29, 1.82) is 0 Å². The number of alkyl halides is 1. The molecule has 1 saturated heterocycles. The normalized spacial score (nSPS) is 19.6. The first kappa shape index (κ1) is 25.2. The van der Waals surface area contributed by atoms with Crippen LogP contribution in [0.1, 0.15) is 56.0 Å². The number of aliphatic carboxylic acids is 1. The van der Waals surface area contributed by atoms with Gasteiger partial charge in [-0.15, -0.1) is 0 Å². The minimum Gasteiger partial charge on any atom is -0.497 e. The zero-order valence-corrected chi connectivity index (χ0v) is 20.4. The van der Waals surface area contributed by atoms with E-state index >= 15 is 4.39 Å². The number of piperidine rings is 1. The van der Waals surface area contributed by atoms with Crippen LogP contribution in [0.2, 0.25) is 0 Å². The lowest BCUT2D eigenvalue weighted by Gasteiger charge is -2.39. The molecule has 35 heavy (non-hydrogen) atoms. The number of methoxy groups -OCH3 is 1. The highest BCUT2D eigenvalue weighted by atomic mass is 19.1. The number of hydrogen-bond donors (Lipinski definition) is 1.